The van der Waals surface area contributed by atoms with Crippen LogP contribution in [0.2, 0.25) is 0 Å². The first kappa shape index (κ1) is 15.0. The monoisotopic (exact) mass is 241 g/mol. The Hall–Kier alpha value is -0.0800. The Labute approximate surface area is 107 Å². The number of aliphatic hydroxyl groups excluding tert-OH is 1. The predicted molar refractivity (Wildman–Crippen MR) is 74.0 cm³/mol. The van der Waals surface area contributed by atoms with E-state index in [4.69, 9.17) is 0 Å². The number of nitrogens with zero attached hydrogens (tertiary/aromatic N) is 1. The van der Waals surface area contributed by atoms with Crippen molar-refractivity contribution >= 4 is 0 Å². The molecule has 2 heteroatoms. The summed E-state index contributed by atoms with van der Waals surface area (Å²) in [5.74, 6) is 1.94. The Bertz CT molecular complexity index is 215. The van der Waals surface area contributed by atoms with Gasteiger partial charge in [-0.25, -0.2) is 0 Å². The molecule has 102 valence electrons. The average Bonchev–Trinajstić information content (AvgIpc) is 2.13. The summed E-state index contributed by atoms with van der Waals surface area (Å²) < 4.78 is 0. The van der Waals surface area contributed by atoms with Crippen molar-refractivity contribution < 1.29 is 5.11 Å². The summed E-state index contributed by atoms with van der Waals surface area (Å²) in [5, 5.41) is 10.4. The van der Waals surface area contributed by atoms with Crippen LogP contribution < -0.4 is 0 Å². The van der Waals surface area contributed by atoms with E-state index in [-0.39, 0.29) is 6.10 Å². The van der Waals surface area contributed by atoms with Crippen molar-refractivity contribution in [2.24, 2.45) is 17.8 Å². The third-order valence-electron chi connectivity index (χ3n) is 4.02. The molecular weight excluding hydrogens is 210 g/mol. The van der Waals surface area contributed by atoms with Gasteiger partial charge in [-0.15, -0.1) is 0 Å². The van der Waals surface area contributed by atoms with Crippen molar-refractivity contribution in [1.82, 2.24) is 4.90 Å². The summed E-state index contributed by atoms with van der Waals surface area (Å²) in [6.07, 6.45) is 2.08. The third kappa shape index (κ3) is 3.96. The van der Waals surface area contributed by atoms with Crippen LogP contribution in [0.3, 0.4) is 0 Å². The molecule has 0 spiro atoms. The van der Waals surface area contributed by atoms with Crippen LogP contribution in [-0.2, 0) is 0 Å². The minimum atomic E-state index is -0.144. The summed E-state index contributed by atoms with van der Waals surface area (Å²) in [4.78, 5) is 2.52. The van der Waals surface area contributed by atoms with E-state index < -0.39 is 0 Å². The Morgan fingerprint density at radius 1 is 1.12 bits per heavy atom. The van der Waals surface area contributed by atoms with Gasteiger partial charge >= 0.3 is 0 Å². The molecule has 4 unspecified atom stereocenters. The molecule has 0 aromatic carbocycles. The van der Waals surface area contributed by atoms with Crippen LogP contribution in [-0.4, -0.2) is 34.7 Å². The predicted octanol–water partition coefficient (Wildman–Crippen LogP) is 3.15. The smallest absolute Gasteiger partial charge is 0.0700 e. The Kier molecular flexibility index (Phi) is 5.46. The van der Waals surface area contributed by atoms with Gasteiger partial charge in [-0.1, -0.05) is 27.7 Å². The standard InChI is InChI=1S/C15H31NO/c1-10(2)9-16(11(3)4)15-13(6)7-12(5)8-14(15)17/h10-15,17H,7-9H2,1-6H3. The zero-order chi connectivity index (χ0) is 13.2. The molecule has 0 aromatic heterocycles. The molecule has 0 aliphatic heterocycles. The fourth-order valence-corrected chi connectivity index (χ4v) is 3.45. The van der Waals surface area contributed by atoms with Gasteiger partial charge in [0, 0.05) is 18.6 Å². The van der Waals surface area contributed by atoms with Crippen molar-refractivity contribution in [1.29, 1.82) is 0 Å². The second kappa shape index (κ2) is 6.19. The highest BCUT2D eigenvalue weighted by Crippen LogP contribution is 2.33. The molecule has 0 amide bonds. The summed E-state index contributed by atoms with van der Waals surface area (Å²) >= 11 is 0. The highest BCUT2D eigenvalue weighted by molar-refractivity contribution is 4.91. The molecule has 17 heavy (non-hydrogen) atoms. The van der Waals surface area contributed by atoms with Gasteiger partial charge in [-0.05, 0) is 44.4 Å². The zero-order valence-corrected chi connectivity index (χ0v) is 12.5. The number of hydrogen-bond acceptors (Lipinski definition) is 2. The molecule has 1 N–H and O–H groups in total. The van der Waals surface area contributed by atoms with Crippen molar-refractivity contribution in [3.63, 3.8) is 0 Å². The van der Waals surface area contributed by atoms with Gasteiger partial charge in [-0.3, -0.25) is 4.90 Å². The van der Waals surface area contributed by atoms with Crippen molar-refractivity contribution in [2.75, 3.05) is 6.54 Å². The Morgan fingerprint density at radius 3 is 2.12 bits per heavy atom. The normalized spacial score (nSPS) is 34.9. The largest absolute Gasteiger partial charge is 0.391 e. The number of rotatable bonds is 4. The van der Waals surface area contributed by atoms with Crippen LogP contribution >= 0.6 is 0 Å². The Balaban J connectivity index is 2.77. The molecule has 1 aliphatic carbocycles. The highest BCUT2D eigenvalue weighted by atomic mass is 16.3. The summed E-state index contributed by atoms with van der Waals surface area (Å²) in [7, 11) is 0. The van der Waals surface area contributed by atoms with Crippen LogP contribution in [0.25, 0.3) is 0 Å². The summed E-state index contributed by atoms with van der Waals surface area (Å²) in [5.41, 5.74) is 0. The van der Waals surface area contributed by atoms with E-state index >= 15 is 0 Å². The van der Waals surface area contributed by atoms with Gasteiger partial charge in [0.05, 0.1) is 6.10 Å². The van der Waals surface area contributed by atoms with E-state index in [0.717, 1.165) is 13.0 Å². The minimum Gasteiger partial charge on any atom is -0.391 e. The second-order valence-corrected chi connectivity index (χ2v) is 6.80. The van der Waals surface area contributed by atoms with Gasteiger partial charge in [0.1, 0.15) is 0 Å². The van der Waals surface area contributed by atoms with Gasteiger partial charge in [-0.2, -0.15) is 0 Å². The van der Waals surface area contributed by atoms with Crippen LogP contribution in [0.1, 0.15) is 54.4 Å². The van der Waals surface area contributed by atoms with E-state index in [1.54, 1.807) is 0 Å². The fourth-order valence-electron chi connectivity index (χ4n) is 3.45. The first-order valence-electron chi connectivity index (χ1n) is 7.26. The molecule has 0 bridgehead atoms. The van der Waals surface area contributed by atoms with Crippen LogP contribution in [0.4, 0.5) is 0 Å². The maximum Gasteiger partial charge on any atom is 0.0700 e. The van der Waals surface area contributed by atoms with Crippen LogP contribution in [0.5, 0.6) is 0 Å². The minimum absolute atomic E-state index is 0.144. The quantitative estimate of drug-likeness (QED) is 0.817. The van der Waals surface area contributed by atoms with Gasteiger partial charge in [0.15, 0.2) is 0 Å². The molecule has 0 saturated heterocycles. The molecule has 1 saturated carbocycles. The van der Waals surface area contributed by atoms with Gasteiger partial charge in [0.2, 0.25) is 0 Å². The van der Waals surface area contributed by atoms with Crippen LogP contribution in [0, 0.1) is 17.8 Å². The Morgan fingerprint density at radius 2 is 1.71 bits per heavy atom. The lowest BCUT2D eigenvalue weighted by molar-refractivity contribution is -0.0409. The zero-order valence-electron chi connectivity index (χ0n) is 12.5. The molecule has 1 rings (SSSR count). The molecule has 4 atom stereocenters. The molecule has 1 aliphatic rings. The van der Waals surface area contributed by atoms with Gasteiger partial charge < -0.3 is 5.11 Å². The first-order chi connectivity index (χ1) is 7.82. The van der Waals surface area contributed by atoms with E-state index in [1.807, 2.05) is 0 Å². The second-order valence-electron chi connectivity index (χ2n) is 6.80. The lowest BCUT2D eigenvalue weighted by Crippen LogP contribution is -2.54. The van der Waals surface area contributed by atoms with Crippen molar-refractivity contribution in [3.05, 3.63) is 0 Å². The lowest BCUT2D eigenvalue weighted by Gasteiger charge is -2.46. The lowest BCUT2D eigenvalue weighted by atomic mass is 9.76. The van der Waals surface area contributed by atoms with Crippen LogP contribution in [0.15, 0.2) is 0 Å². The van der Waals surface area contributed by atoms with Gasteiger partial charge in [0.25, 0.3) is 0 Å². The van der Waals surface area contributed by atoms with E-state index in [1.165, 1.54) is 6.42 Å². The number of aliphatic hydroxyl groups is 1. The number of hydrogen-bond donors (Lipinski definition) is 1. The molecule has 1 fully saturated rings. The molecule has 0 heterocycles. The first-order valence-corrected chi connectivity index (χ1v) is 7.26. The summed E-state index contributed by atoms with van der Waals surface area (Å²) in [6.45, 7) is 14.7. The van der Waals surface area contributed by atoms with E-state index in [2.05, 4.69) is 46.4 Å². The topological polar surface area (TPSA) is 23.5 Å². The average molecular weight is 241 g/mol. The van der Waals surface area contributed by atoms with Crippen molar-refractivity contribution in [2.45, 2.75) is 72.6 Å². The third-order valence-corrected chi connectivity index (χ3v) is 4.02. The summed E-state index contributed by atoms with van der Waals surface area (Å²) in [6, 6.07) is 0.876. The molecular formula is C15H31NO. The highest BCUT2D eigenvalue weighted by Gasteiger charge is 2.37. The molecule has 0 aromatic rings. The fraction of sp³-hybridized carbons (Fsp3) is 1.00. The maximum absolute atomic E-state index is 10.4. The van der Waals surface area contributed by atoms with Crippen molar-refractivity contribution in [3.8, 4) is 0 Å². The maximum atomic E-state index is 10.4. The van der Waals surface area contributed by atoms with E-state index in [0.29, 0.717) is 29.8 Å². The SMILES string of the molecule is CC(C)CN(C(C)C)C1C(C)CC(C)CC1O. The molecule has 2 nitrogen and oxygen atoms in total. The van der Waals surface area contributed by atoms with E-state index in [9.17, 15) is 5.11 Å². The molecule has 0 radical (unpaired) electrons.